The molecule has 3 rings (SSSR count). The molecule has 0 bridgehead atoms. The zero-order chi connectivity index (χ0) is 20.8. The van der Waals surface area contributed by atoms with E-state index in [0.717, 1.165) is 36.4 Å². The van der Waals surface area contributed by atoms with Gasteiger partial charge < -0.3 is 19.3 Å². The van der Waals surface area contributed by atoms with Crippen molar-refractivity contribution in [1.82, 2.24) is 19.9 Å². The molecule has 2 amide bonds. The van der Waals surface area contributed by atoms with Crippen LogP contribution >= 0.6 is 0 Å². The van der Waals surface area contributed by atoms with E-state index < -0.39 is 0 Å². The van der Waals surface area contributed by atoms with Crippen molar-refractivity contribution in [3.8, 4) is 0 Å². The summed E-state index contributed by atoms with van der Waals surface area (Å²) in [6.07, 6.45) is 6.18. The molecule has 0 saturated carbocycles. The fraction of sp³-hybridized carbons (Fsp3) is 0.524. The molecule has 1 aliphatic rings. The third kappa shape index (κ3) is 5.79. The normalized spacial score (nSPS) is 16.6. The van der Waals surface area contributed by atoms with Gasteiger partial charge in [-0.3, -0.25) is 14.4 Å². The van der Waals surface area contributed by atoms with E-state index in [2.05, 4.69) is 10.5 Å². The lowest BCUT2D eigenvalue weighted by Gasteiger charge is -2.33. The minimum atomic E-state index is -0.0724. The third-order valence-electron chi connectivity index (χ3n) is 5.42. The van der Waals surface area contributed by atoms with Crippen molar-refractivity contribution in [3.63, 3.8) is 0 Å². The molecule has 1 N–H and O–H groups in total. The number of nitrogens with zero attached hydrogens (tertiary/aromatic N) is 3. The SMILES string of the molecule is Cc1noc(C)c1CCC(=O)NCC1CCCN(C(=O)Cn2ccc(=O)cc2)C1. The van der Waals surface area contributed by atoms with Crippen molar-refractivity contribution >= 4 is 11.8 Å². The highest BCUT2D eigenvalue weighted by Crippen LogP contribution is 2.17. The number of carbonyl (C=O) groups excluding carboxylic acids is 2. The molecule has 3 heterocycles. The minimum absolute atomic E-state index is 0.00158. The number of hydrogen-bond acceptors (Lipinski definition) is 5. The highest BCUT2D eigenvalue weighted by molar-refractivity contribution is 5.77. The van der Waals surface area contributed by atoms with Crippen LogP contribution in [0, 0.1) is 19.8 Å². The average Bonchev–Trinajstić information content (AvgIpc) is 3.04. The molecule has 0 spiro atoms. The van der Waals surface area contributed by atoms with E-state index >= 15 is 0 Å². The van der Waals surface area contributed by atoms with Crippen LogP contribution in [0.3, 0.4) is 0 Å². The predicted octanol–water partition coefficient (Wildman–Crippen LogP) is 1.44. The highest BCUT2D eigenvalue weighted by Gasteiger charge is 2.24. The first-order valence-electron chi connectivity index (χ1n) is 10.0. The first kappa shape index (κ1) is 20.8. The van der Waals surface area contributed by atoms with Crippen molar-refractivity contribution in [3.05, 3.63) is 51.8 Å². The molecule has 1 aliphatic heterocycles. The molecule has 0 aliphatic carbocycles. The molecular weight excluding hydrogens is 372 g/mol. The number of pyridine rings is 1. The van der Waals surface area contributed by atoms with E-state index in [0.29, 0.717) is 25.9 Å². The zero-order valence-corrected chi connectivity index (χ0v) is 17.0. The Bertz CT molecular complexity index is 878. The lowest BCUT2D eigenvalue weighted by molar-refractivity contribution is -0.133. The number of aryl methyl sites for hydroxylation is 2. The number of amides is 2. The third-order valence-corrected chi connectivity index (χ3v) is 5.42. The van der Waals surface area contributed by atoms with Gasteiger partial charge in [-0.15, -0.1) is 0 Å². The fourth-order valence-electron chi connectivity index (χ4n) is 3.71. The summed E-state index contributed by atoms with van der Waals surface area (Å²) in [5, 5.41) is 6.91. The Labute approximate surface area is 169 Å². The first-order valence-corrected chi connectivity index (χ1v) is 10.0. The van der Waals surface area contributed by atoms with Crippen molar-refractivity contribution in [2.75, 3.05) is 19.6 Å². The molecule has 2 aromatic heterocycles. The van der Waals surface area contributed by atoms with E-state index in [9.17, 15) is 14.4 Å². The van der Waals surface area contributed by atoms with Gasteiger partial charge >= 0.3 is 0 Å². The number of carbonyl (C=O) groups is 2. The molecule has 1 atom stereocenters. The van der Waals surface area contributed by atoms with Crippen LogP contribution in [-0.2, 0) is 22.6 Å². The molecular formula is C21H28N4O4. The number of rotatable bonds is 7. The molecule has 0 radical (unpaired) electrons. The van der Waals surface area contributed by atoms with Crippen LogP contribution < -0.4 is 10.7 Å². The number of piperidine rings is 1. The number of likely N-dealkylation sites (tertiary alicyclic amines) is 1. The second kappa shape index (κ2) is 9.54. The molecule has 1 saturated heterocycles. The maximum atomic E-state index is 12.6. The van der Waals surface area contributed by atoms with Gasteiger partial charge in [0.2, 0.25) is 11.8 Å². The molecule has 1 fully saturated rings. The summed E-state index contributed by atoms with van der Waals surface area (Å²) < 4.78 is 6.84. The van der Waals surface area contributed by atoms with E-state index in [-0.39, 0.29) is 29.7 Å². The molecule has 2 aromatic rings. The van der Waals surface area contributed by atoms with E-state index in [1.54, 1.807) is 17.0 Å². The maximum Gasteiger partial charge on any atom is 0.242 e. The van der Waals surface area contributed by atoms with E-state index in [4.69, 9.17) is 4.52 Å². The average molecular weight is 400 g/mol. The van der Waals surface area contributed by atoms with Crippen LogP contribution in [0.15, 0.2) is 33.8 Å². The standard InChI is InChI=1S/C21H28N4O4/c1-15-19(16(2)29-23-15)5-6-20(27)22-12-17-4-3-9-25(13-17)21(28)14-24-10-7-18(26)8-11-24/h7-8,10-11,17H,3-6,9,12-14H2,1-2H3,(H,22,27). The Hall–Kier alpha value is -2.90. The Morgan fingerprint density at radius 1 is 1.28 bits per heavy atom. The van der Waals surface area contributed by atoms with Gasteiger partial charge in [-0.05, 0) is 39.0 Å². The van der Waals surface area contributed by atoms with Gasteiger partial charge in [-0.25, -0.2) is 0 Å². The van der Waals surface area contributed by atoms with Gasteiger partial charge in [0.05, 0.1) is 5.69 Å². The van der Waals surface area contributed by atoms with Gasteiger partial charge in [-0.1, -0.05) is 5.16 Å². The summed E-state index contributed by atoms with van der Waals surface area (Å²) in [6, 6.07) is 2.90. The number of aromatic nitrogens is 2. The lowest BCUT2D eigenvalue weighted by Crippen LogP contribution is -2.44. The van der Waals surface area contributed by atoms with E-state index in [1.807, 2.05) is 18.7 Å². The number of hydrogen-bond donors (Lipinski definition) is 1. The maximum absolute atomic E-state index is 12.6. The van der Waals surface area contributed by atoms with Crippen LogP contribution in [0.4, 0.5) is 0 Å². The summed E-state index contributed by atoms with van der Waals surface area (Å²) in [7, 11) is 0. The number of nitrogens with one attached hydrogen (secondary N) is 1. The molecule has 8 heteroatoms. The molecule has 8 nitrogen and oxygen atoms in total. The Balaban J connectivity index is 1.43. The minimum Gasteiger partial charge on any atom is -0.361 e. The fourth-order valence-corrected chi connectivity index (χ4v) is 3.71. The largest absolute Gasteiger partial charge is 0.361 e. The summed E-state index contributed by atoms with van der Waals surface area (Å²) in [5.41, 5.74) is 1.76. The van der Waals surface area contributed by atoms with Crippen LogP contribution in [0.25, 0.3) is 0 Å². The summed E-state index contributed by atoms with van der Waals surface area (Å²) in [4.78, 5) is 37.8. The molecule has 1 unspecified atom stereocenters. The monoisotopic (exact) mass is 400 g/mol. The van der Waals surface area contributed by atoms with Crippen LogP contribution in [0.1, 0.15) is 36.3 Å². The van der Waals surface area contributed by atoms with E-state index in [1.165, 1.54) is 12.1 Å². The Kier molecular flexibility index (Phi) is 6.85. The van der Waals surface area contributed by atoms with Crippen LogP contribution in [0.2, 0.25) is 0 Å². The molecule has 156 valence electrons. The summed E-state index contributed by atoms with van der Waals surface area (Å²) >= 11 is 0. The quantitative estimate of drug-likeness (QED) is 0.759. The van der Waals surface area contributed by atoms with Gasteiger partial charge in [0.15, 0.2) is 5.43 Å². The molecule has 29 heavy (non-hydrogen) atoms. The van der Waals surface area contributed by atoms with Crippen molar-refractivity contribution in [2.24, 2.45) is 5.92 Å². The van der Waals surface area contributed by atoms with Gasteiger partial charge in [0.1, 0.15) is 12.3 Å². The van der Waals surface area contributed by atoms with Crippen molar-refractivity contribution < 1.29 is 14.1 Å². The predicted molar refractivity (Wildman–Crippen MR) is 107 cm³/mol. The van der Waals surface area contributed by atoms with Crippen LogP contribution in [-0.4, -0.2) is 46.1 Å². The smallest absolute Gasteiger partial charge is 0.242 e. The van der Waals surface area contributed by atoms with Gasteiger partial charge in [0, 0.05) is 56.1 Å². The summed E-state index contributed by atoms with van der Waals surface area (Å²) in [5.74, 6) is 1.05. The van der Waals surface area contributed by atoms with Gasteiger partial charge in [-0.2, -0.15) is 0 Å². The Morgan fingerprint density at radius 3 is 2.72 bits per heavy atom. The zero-order valence-electron chi connectivity index (χ0n) is 17.0. The Morgan fingerprint density at radius 2 is 2.03 bits per heavy atom. The van der Waals surface area contributed by atoms with Crippen LogP contribution in [0.5, 0.6) is 0 Å². The summed E-state index contributed by atoms with van der Waals surface area (Å²) in [6.45, 7) is 5.90. The van der Waals surface area contributed by atoms with Gasteiger partial charge in [0.25, 0.3) is 0 Å². The second-order valence-corrected chi connectivity index (χ2v) is 7.66. The highest BCUT2D eigenvalue weighted by atomic mass is 16.5. The lowest BCUT2D eigenvalue weighted by atomic mass is 9.97. The first-order chi connectivity index (χ1) is 13.9. The second-order valence-electron chi connectivity index (χ2n) is 7.66. The topological polar surface area (TPSA) is 97.4 Å². The van der Waals surface area contributed by atoms with Crippen molar-refractivity contribution in [1.29, 1.82) is 0 Å². The van der Waals surface area contributed by atoms with Crippen molar-refractivity contribution in [2.45, 2.75) is 46.1 Å². The molecule has 0 aromatic carbocycles.